The van der Waals surface area contributed by atoms with Crippen molar-refractivity contribution in [2.24, 2.45) is 0 Å². The van der Waals surface area contributed by atoms with Gasteiger partial charge in [0.2, 0.25) is 0 Å². The summed E-state index contributed by atoms with van der Waals surface area (Å²) in [7, 11) is 0. The van der Waals surface area contributed by atoms with Gasteiger partial charge in [0.1, 0.15) is 0 Å². The van der Waals surface area contributed by atoms with Gasteiger partial charge in [-0.3, -0.25) is 9.59 Å². The van der Waals surface area contributed by atoms with Crippen LogP contribution in [0, 0.1) is 0 Å². The van der Waals surface area contributed by atoms with Crippen LogP contribution in [0.1, 0.15) is 26.3 Å². The maximum absolute atomic E-state index is 12.5. The van der Waals surface area contributed by atoms with Gasteiger partial charge in [-0.2, -0.15) is 0 Å². The Morgan fingerprint density at radius 1 is 0.750 bits per heavy atom. The van der Waals surface area contributed by atoms with Crippen molar-refractivity contribution in [3.05, 3.63) is 56.3 Å². The van der Waals surface area contributed by atoms with Gasteiger partial charge in [0, 0.05) is 32.7 Å². The van der Waals surface area contributed by atoms with E-state index in [2.05, 4.69) is 20.8 Å². The molecule has 2 aliphatic rings. The molecular formula is C18H14O2. The van der Waals surface area contributed by atoms with E-state index in [-0.39, 0.29) is 16.3 Å². The highest BCUT2D eigenvalue weighted by Crippen LogP contribution is 2.41. The lowest BCUT2D eigenvalue weighted by atomic mass is 9.85. The number of hydrogen-bond donors (Lipinski definition) is 0. The molecule has 0 radical (unpaired) electrons. The summed E-state index contributed by atoms with van der Waals surface area (Å²) in [6.07, 6.45) is 0. The average Bonchev–Trinajstić information content (AvgIpc) is 2.85. The Kier molecular flexibility index (Phi) is 1.89. The second-order valence-electron chi connectivity index (χ2n) is 6.58. The molecular weight excluding hydrogens is 248 g/mol. The molecule has 0 N–H and O–H groups in total. The van der Waals surface area contributed by atoms with Crippen molar-refractivity contribution in [1.82, 2.24) is 0 Å². The first-order chi connectivity index (χ1) is 9.39. The smallest absolute Gasteiger partial charge is 0.194 e. The molecule has 2 nitrogen and oxygen atoms in total. The lowest BCUT2D eigenvalue weighted by Crippen LogP contribution is -2.12. The largest absolute Gasteiger partial charge is 0.289 e. The maximum Gasteiger partial charge on any atom is 0.194 e. The SMILES string of the molecule is CC(C)(C)c1cc2c3c(c1)c(=O)c1cccc(c1-3)c2=O. The van der Waals surface area contributed by atoms with E-state index in [1.807, 2.05) is 24.3 Å². The lowest BCUT2D eigenvalue weighted by molar-refractivity contribution is 0.591. The molecule has 0 aliphatic heterocycles. The van der Waals surface area contributed by atoms with Crippen molar-refractivity contribution in [3.8, 4) is 11.1 Å². The maximum atomic E-state index is 12.5. The van der Waals surface area contributed by atoms with Gasteiger partial charge in [-0.15, -0.1) is 0 Å². The minimum Gasteiger partial charge on any atom is -0.289 e. The van der Waals surface area contributed by atoms with E-state index in [1.54, 1.807) is 6.07 Å². The number of benzene rings is 2. The summed E-state index contributed by atoms with van der Waals surface area (Å²) >= 11 is 0. The zero-order valence-electron chi connectivity index (χ0n) is 11.7. The van der Waals surface area contributed by atoms with Crippen molar-refractivity contribution in [2.75, 3.05) is 0 Å². The fraction of sp³-hybridized carbons (Fsp3) is 0.222. The normalized spacial score (nSPS) is 13.2. The molecule has 2 aliphatic carbocycles. The van der Waals surface area contributed by atoms with E-state index in [4.69, 9.17) is 0 Å². The van der Waals surface area contributed by atoms with Crippen LogP contribution in [-0.4, -0.2) is 0 Å². The molecule has 4 rings (SSSR count). The average molecular weight is 262 g/mol. The predicted octanol–water partition coefficient (Wildman–Crippen LogP) is 3.43. The van der Waals surface area contributed by atoms with Crippen LogP contribution >= 0.6 is 0 Å². The van der Waals surface area contributed by atoms with E-state index in [0.717, 1.165) is 16.7 Å². The quantitative estimate of drug-likeness (QED) is 0.486. The van der Waals surface area contributed by atoms with Gasteiger partial charge in [-0.1, -0.05) is 39.0 Å². The predicted molar refractivity (Wildman–Crippen MR) is 82.9 cm³/mol. The first-order valence-corrected chi connectivity index (χ1v) is 6.81. The molecule has 0 fully saturated rings. The highest BCUT2D eigenvalue weighted by molar-refractivity contribution is 6.17. The summed E-state index contributed by atoms with van der Waals surface area (Å²) in [4.78, 5) is 25.1. The molecule has 20 heavy (non-hydrogen) atoms. The van der Waals surface area contributed by atoms with Gasteiger partial charge in [0.15, 0.2) is 10.9 Å². The van der Waals surface area contributed by atoms with E-state index in [1.165, 1.54) is 0 Å². The standard InChI is InChI=1S/C18H14O2/c1-18(2,3)9-7-12-15-13(8-9)17(20)11-6-4-5-10(14(11)15)16(12)19/h4-8H,1-3H3. The van der Waals surface area contributed by atoms with Gasteiger partial charge < -0.3 is 0 Å². The van der Waals surface area contributed by atoms with Gasteiger partial charge >= 0.3 is 0 Å². The zero-order valence-corrected chi connectivity index (χ0v) is 11.7. The van der Waals surface area contributed by atoms with E-state index in [0.29, 0.717) is 21.5 Å². The Labute approximate surface area is 116 Å². The van der Waals surface area contributed by atoms with Crippen LogP contribution in [0.25, 0.3) is 32.7 Å². The van der Waals surface area contributed by atoms with E-state index in [9.17, 15) is 9.59 Å². The Morgan fingerprint density at radius 3 is 1.65 bits per heavy atom. The summed E-state index contributed by atoms with van der Waals surface area (Å²) in [5, 5.41) is 2.74. The molecule has 98 valence electrons. The lowest BCUT2D eigenvalue weighted by Gasteiger charge is -2.19. The minimum absolute atomic E-state index is 0.0525. The molecule has 2 aromatic rings. The molecule has 2 heteroatoms. The Hall–Kier alpha value is -2.22. The minimum atomic E-state index is -0.0819. The third-order valence-corrected chi connectivity index (χ3v) is 4.30. The van der Waals surface area contributed by atoms with Crippen LogP contribution in [0.15, 0.2) is 39.9 Å². The van der Waals surface area contributed by atoms with E-state index < -0.39 is 0 Å². The summed E-state index contributed by atoms with van der Waals surface area (Å²) in [5.41, 5.74) is 2.78. The Morgan fingerprint density at radius 2 is 1.20 bits per heavy atom. The summed E-state index contributed by atoms with van der Waals surface area (Å²) < 4.78 is 0. The molecule has 0 amide bonds. The van der Waals surface area contributed by atoms with Crippen LogP contribution in [0.4, 0.5) is 0 Å². The van der Waals surface area contributed by atoms with Crippen LogP contribution in [0.5, 0.6) is 0 Å². The molecule has 0 aromatic heterocycles. The van der Waals surface area contributed by atoms with Crippen molar-refractivity contribution in [1.29, 1.82) is 0 Å². The van der Waals surface area contributed by atoms with Gasteiger partial charge in [-0.25, -0.2) is 0 Å². The first kappa shape index (κ1) is 11.6. The molecule has 0 spiro atoms. The van der Waals surface area contributed by atoms with Crippen molar-refractivity contribution >= 4 is 21.5 Å². The molecule has 0 atom stereocenters. The molecule has 0 bridgehead atoms. The van der Waals surface area contributed by atoms with Gasteiger partial charge in [0.05, 0.1) is 0 Å². The third-order valence-electron chi connectivity index (χ3n) is 4.30. The fourth-order valence-electron chi connectivity index (χ4n) is 3.19. The Bertz CT molecular complexity index is 938. The summed E-state index contributed by atoms with van der Waals surface area (Å²) in [5.74, 6) is 0. The zero-order chi connectivity index (χ0) is 14.2. The van der Waals surface area contributed by atoms with Gasteiger partial charge in [-0.05, 0) is 23.1 Å². The summed E-state index contributed by atoms with van der Waals surface area (Å²) in [6, 6.07) is 9.36. The second kappa shape index (κ2) is 3.26. The monoisotopic (exact) mass is 262 g/mol. The number of hydrogen-bond acceptors (Lipinski definition) is 2. The van der Waals surface area contributed by atoms with Crippen LogP contribution in [0.3, 0.4) is 0 Å². The first-order valence-electron chi connectivity index (χ1n) is 6.81. The molecule has 0 unspecified atom stereocenters. The second-order valence-corrected chi connectivity index (χ2v) is 6.58. The van der Waals surface area contributed by atoms with Crippen LogP contribution in [0.2, 0.25) is 0 Å². The van der Waals surface area contributed by atoms with Crippen molar-refractivity contribution in [3.63, 3.8) is 0 Å². The van der Waals surface area contributed by atoms with E-state index >= 15 is 0 Å². The molecule has 2 aromatic carbocycles. The molecule has 0 heterocycles. The Balaban J connectivity index is 2.36. The topological polar surface area (TPSA) is 34.1 Å². The third kappa shape index (κ3) is 1.19. The summed E-state index contributed by atoms with van der Waals surface area (Å²) in [6.45, 7) is 6.29. The van der Waals surface area contributed by atoms with Crippen molar-refractivity contribution in [2.45, 2.75) is 26.2 Å². The van der Waals surface area contributed by atoms with Crippen LogP contribution < -0.4 is 10.9 Å². The highest BCUT2D eigenvalue weighted by Gasteiger charge is 2.28. The fourth-order valence-corrected chi connectivity index (χ4v) is 3.19. The molecule has 0 saturated heterocycles. The van der Waals surface area contributed by atoms with Gasteiger partial charge in [0.25, 0.3) is 0 Å². The number of rotatable bonds is 0. The van der Waals surface area contributed by atoms with Crippen LogP contribution in [-0.2, 0) is 5.41 Å². The molecule has 0 saturated carbocycles. The van der Waals surface area contributed by atoms with Crippen molar-refractivity contribution < 1.29 is 0 Å². The highest BCUT2D eigenvalue weighted by atomic mass is 16.1.